The van der Waals surface area contributed by atoms with E-state index in [-0.39, 0.29) is 29.7 Å². The first kappa shape index (κ1) is 21.1. The standard InChI is InChI=1S/C16H24N6O4S2/c1-9(28-27-4)25-11-5-13(26-12(11)7-23)22-14-10(6-18-22)15(24)20-16(19-14)17-8-21(2)3/h6,8-9,11-13,23H,5,7H2,1-4H3,(H,19,20,24)/t9-,11-,12-,13-/m1/s1. The quantitative estimate of drug-likeness (QED) is 0.278. The molecule has 3 rings (SSSR count). The molecule has 2 N–H and O–H groups in total. The summed E-state index contributed by atoms with van der Waals surface area (Å²) in [6.45, 7) is 1.80. The van der Waals surface area contributed by atoms with Crippen molar-refractivity contribution in [3.63, 3.8) is 0 Å². The molecular weight excluding hydrogens is 404 g/mol. The number of nitrogens with zero attached hydrogens (tertiary/aromatic N) is 5. The largest absolute Gasteiger partial charge is 0.394 e. The predicted octanol–water partition coefficient (Wildman–Crippen LogP) is 1.36. The highest BCUT2D eigenvalue weighted by Crippen LogP contribution is 2.35. The lowest BCUT2D eigenvalue weighted by molar-refractivity contribution is -0.0652. The van der Waals surface area contributed by atoms with Crippen LogP contribution in [0.15, 0.2) is 16.0 Å². The van der Waals surface area contributed by atoms with Crippen molar-refractivity contribution in [3.8, 4) is 0 Å². The molecule has 2 aromatic heterocycles. The number of fused-ring (bicyclic) bond motifs is 1. The maximum absolute atomic E-state index is 12.3. The summed E-state index contributed by atoms with van der Waals surface area (Å²) in [5.74, 6) is 0.183. The van der Waals surface area contributed by atoms with Crippen molar-refractivity contribution < 1.29 is 14.6 Å². The van der Waals surface area contributed by atoms with E-state index in [1.165, 1.54) is 6.20 Å². The van der Waals surface area contributed by atoms with Crippen LogP contribution in [0.5, 0.6) is 0 Å². The lowest BCUT2D eigenvalue weighted by atomic mass is 10.2. The highest BCUT2D eigenvalue weighted by molar-refractivity contribution is 8.76. The third-order valence-corrected chi connectivity index (χ3v) is 6.06. The van der Waals surface area contributed by atoms with Crippen molar-refractivity contribution in [1.82, 2.24) is 24.6 Å². The summed E-state index contributed by atoms with van der Waals surface area (Å²) in [5, 5.41) is 14.3. The molecule has 10 nitrogen and oxygen atoms in total. The van der Waals surface area contributed by atoms with Gasteiger partial charge in [-0.05, 0) is 13.2 Å². The number of ether oxygens (including phenoxy) is 2. The zero-order valence-electron chi connectivity index (χ0n) is 16.1. The predicted molar refractivity (Wildman–Crippen MR) is 111 cm³/mol. The second kappa shape index (κ2) is 9.27. The molecule has 2 aromatic rings. The maximum Gasteiger partial charge on any atom is 0.263 e. The highest BCUT2D eigenvalue weighted by Gasteiger charge is 2.38. The van der Waals surface area contributed by atoms with Gasteiger partial charge in [0.25, 0.3) is 5.56 Å². The van der Waals surface area contributed by atoms with Crippen LogP contribution in [0.4, 0.5) is 5.95 Å². The second-order valence-corrected chi connectivity index (χ2v) is 9.24. The van der Waals surface area contributed by atoms with Crippen LogP contribution in [-0.2, 0) is 9.47 Å². The van der Waals surface area contributed by atoms with Gasteiger partial charge in [-0.15, -0.1) is 0 Å². The topological polar surface area (TPSA) is 118 Å². The summed E-state index contributed by atoms with van der Waals surface area (Å²) in [6.07, 6.45) is 4.24. The Kier molecular flexibility index (Phi) is 6.99. The van der Waals surface area contributed by atoms with Crippen LogP contribution in [0.25, 0.3) is 11.0 Å². The molecule has 0 unspecified atom stereocenters. The van der Waals surface area contributed by atoms with Gasteiger partial charge in [-0.1, -0.05) is 21.6 Å². The van der Waals surface area contributed by atoms with E-state index in [0.717, 1.165) is 0 Å². The van der Waals surface area contributed by atoms with E-state index in [0.29, 0.717) is 17.5 Å². The molecule has 1 aliphatic heterocycles. The first-order chi connectivity index (χ1) is 13.4. The van der Waals surface area contributed by atoms with Crippen LogP contribution >= 0.6 is 21.6 Å². The van der Waals surface area contributed by atoms with Gasteiger partial charge in [0.1, 0.15) is 16.9 Å². The molecule has 12 heteroatoms. The molecule has 0 bridgehead atoms. The number of aromatic nitrogens is 4. The van der Waals surface area contributed by atoms with E-state index >= 15 is 0 Å². The Hall–Kier alpha value is -1.60. The smallest absolute Gasteiger partial charge is 0.263 e. The minimum absolute atomic E-state index is 0.0429. The first-order valence-corrected chi connectivity index (χ1v) is 11.3. The molecule has 0 aliphatic carbocycles. The SMILES string of the molecule is CSS[C@H](C)O[C@@H]1C[C@H](n2ncc3c(=O)[nH]c(N=CN(C)C)nc32)O[C@@H]1CO. The van der Waals surface area contributed by atoms with Crippen LogP contribution in [0, 0.1) is 0 Å². The molecule has 0 amide bonds. The van der Waals surface area contributed by atoms with Crippen LogP contribution in [-0.4, -0.2) is 80.7 Å². The number of hydrogen-bond acceptors (Lipinski definition) is 9. The van der Waals surface area contributed by atoms with Gasteiger partial charge in [0.15, 0.2) is 11.9 Å². The number of nitrogens with one attached hydrogen (secondary N) is 1. The van der Waals surface area contributed by atoms with Crippen molar-refractivity contribution in [2.75, 3.05) is 27.0 Å². The second-order valence-electron chi connectivity index (χ2n) is 6.48. The monoisotopic (exact) mass is 428 g/mol. The molecule has 3 heterocycles. The van der Waals surface area contributed by atoms with Crippen molar-refractivity contribution >= 4 is 44.9 Å². The fourth-order valence-electron chi connectivity index (χ4n) is 2.93. The Labute approximate surface area is 170 Å². The van der Waals surface area contributed by atoms with E-state index in [1.807, 2.05) is 27.3 Å². The van der Waals surface area contributed by atoms with E-state index in [2.05, 4.69) is 20.1 Å². The van der Waals surface area contributed by atoms with Gasteiger partial charge in [0.2, 0.25) is 5.95 Å². The Bertz CT molecular complexity index is 886. The third-order valence-electron chi connectivity index (χ3n) is 4.09. The Morgan fingerprint density at radius 2 is 2.39 bits per heavy atom. The molecule has 0 saturated carbocycles. The number of H-pyrrole nitrogens is 1. The zero-order valence-corrected chi connectivity index (χ0v) is 17.7. The van der Waals surface area contributed by atoms with Gasteiger partial charge in [-0.3, -0.25) is 9.78 Å². The highest BCUT2D eigenvalue weighted by atomic mass is 33.1. The minimum atomic E-state index is -0.494. The Morgan fingerprint density at radius 1 is 1.61 bits per heavy atom. The molecular formula is C16H24N6O4S2. The van der Waals surface area contributed by atoms with E-state index in [9.17, 15) is 9.90 Å². The van der Waals surface area contributed by atoms with Gasteiger partial charge in [-0.25, -0.2) is 9.67 Å². The normalized spacial score (nSPS) is 23.7. The summed E-state index contributed by atoms with van der Waals surface area (Å²) in [5.41, 5.74) is 0.0129. The minimum Gasteiger partial charge on any atom is -0.394 e. The lowest BCUT2D eigenvalue weighted by Crippen LogP contribution is -2.29. The Morgan fingerprint density at radius 3 is 3.07 bits per heavy atom. The maximum atomic E-state index is 12.3. The molecule has 1 aliphatic rings. The van der Waals surface area contributed by atoms with Crippen LogP contribution in [0.1, 0.15) is 19.6 Å². The Balaban J connectivity index is 1.87. The summed E-state index contributed by atoms with van der Waals surface area (Å²) in [4.78, 5) is 25.3. The summed E-state index contributed by atoms with van der Waals surface area (Å²) < 4.78 is 13.5. The van der Waals surface area contributed by atoms with Crippen LogP contribution < -0.4 is 5.56 Å². The summed E-state index contributed by atoms with van der Waals surface area (Å²) >= 11 is 0. The van der Waals surface area contributed by atoms with E-state index < -0.39 is 12.3 Å². The fourth-order valence-corrected chi connectivity index (χ4v) is 4.34. The summed E-state index contributed by atoms with van der Waals surface area (Å²) in [6, 6.07) is 0. The third kappa shape index (κ3) is 4.69. The van der Waals surface area contributed by atoms with Crippen molar-refractivity contribution in [1.29, 1.82) is 0 Å². The van der Waals surface area contributed by atoms with Gasteiger partial charge < -0.3 is 19.5 Å². The van der Waals surface area contributed by atoms with Crippen molar-refractivity contribution in [2.45, 2.75) is 37.2 Å². The summed E-state index contributed by atoms with van der Waals surface area (Å²) in [7, 11) is 6.86. The number of hydrogen-bond donors (Lipinski definition) is 2. The number of aliphatic hydroxyl groups is 1. The first-order valence-electron chi connectivity index (χ1n) is 8.72. The zero-order chi connectivity index (χ0) is 20.3. The van der Waals surface area contributed by atoms with E-state index in [1.54, 1.807) is 37.5 Å². The van der Waals surface area contributed by atoms with Gasteiger partial charge in [0.05, 0.1) is 25.2 Å². The van der Waals surface area contributed by atoms with Crippen LogP contribution in [0.2, 0.25) is 0 Å². The molecule has 1 saturated heterocycles. The van der Waals surface area contributed by atoms with Gasteiger partial charge >= 0.3 is 0 Å². The molecule has 1 fully saturated rings. The number of aromatic amines is 1. The molecule has 154 valence electrons. The fraction of sp³-hybridized carbons (Fsp3) is 0.625. The molecule has 0 spiro atoms. The molecule has 0 radical (unpaired) electrons. The van der Waals surface area contributed by atoms with Crippen molar-refractivity contribution in [3.05, 3.63) is 16.6 Å². The average Bonchev–Trinajstić information content (AvgIpc) is 3.24. The molecule has 0 aromatic carbocycles. The van der Waals surface area contributed by atoms with Crippen molar-refractivity contribution in [2.24, 2.45) is 4.99 Å². The van der Waals surface area contributed by atoms with Crippen LogP contribution in [0.3, 0.4) is 0 Å². The number of rotatable bonds is 8. The lowest BCUT2D eigenvalue weighted by Gasteiger charge is -2.20. The van der Waals surface area contributed by atoms with Gasteiger partial charge in [0, 0.05) is 20.5 Å². The van der Waals surface area contributed by atoms with E-state index in [4.69, 9.17) is 9.47 Å². The average molecular weight is 429 g/mol. The van der Waals surface area contributed by atoms with Gasteiger partial charge in [-0.2, -0.15) is 10.1 Å². The molecule has 28 heavy (non-hydrogen) atoms. The molecule has 4 atom stereocenters. The number of aliphatic imine (C=N–C) groups is 1. The number of aliphatic hydroxyl groups excluding tert-OH is 1.